The van der Waals surface area contributed by atoms with Gasteiger partial charge in [0, 0.05) is 24.0 Å². The normalized spacial score (nSPS) is 19.3. The number of nitrogens with one attached hydrogen (secondary N) is 2. The molecule has 138 valence electrons. The van der Waals surface area contributed by atoms with Gasteiger partial charge in [-0.2, -0.15) is 0 Å². The van der Waals surface area contributed by atoms with Gasteiger partial charge in [-0.15, -0.1) is 11.3 Å². The lowest BCUT2D eigenvalue weighted by Crippen LogP contribution is -2.46. The van der Waals surface area contributed by atoms with Crippen molar-refractivity contribution in [3.63, 3.8) is 0 Å². The average molecular weight is 375 g/mol. The summed E-state index contributed by atoms with van der Waals surface area (Å²) in [5.74, 6) is -0.568. The summed E-state index contributed by atoms with van der Waals surface area (Å²) >= 11 is 1.51. The minimum atomic E-state index is -0.572. The van der Waals surface area contributed by atoms with Gasteiger partial charge in [-0.1, -0.05) is 6.07 Å². The smallest absolute Gasteiger partial charge is 0.254 e. The fraction of sp³-hybridized carbons (Fsp3) is 0.389. The number of amides is 3. The van der Waals surface area contributed by atoms with Crippen LogP contribution >= 0.6 is 11.3 Å². The first-order valence-corrected chi connectivity index (χ1v) is 9.39. The van der Waals surface area contributed by atoms with Gasteiger partial charge in [0.25, 0.3) is 5.91 Å². The second-order valence-electron chi connectivity index (χ2n) is 6.13. The molecule has 2 atom stereocenters. The van der Waals surface area contributed by atoms with Crippen LogP contribution in [0.3, 0.4) is 0 Å². The zero-order chi connectivity index (χ0) is 18.5. The second-order valence-corrected chi connectivity index (χ2v) is 7.16. The Hall–Kier alpha value is -2.61. The van der Waals surface area contributed by atoms with Crippen LogP contribution in [0.2, 0.25) is 0 Å². The van der Waals surface area contributed by atoms with Crippen LogP contribution in [-0.2, 0) is 16.0 Å². The third-order valence-electron chi connectivity index (χ3n) is 4.30. The highest BCUT2D eigenvalue weighted by Gasteiger charge is 2.40. The standard InChI is InChI=1S/C18H21N3O4S/c1-2-19-18(24)15-8-13(20-17(23)12-5-6-25-11-12)10-21(15)16(22)9-14-4-3-7-26-14/h3-7,11,13,15H,2,8-10H2,1H3,(H,19,24)(H,20,23)/t13-,15-/m0/s1. The van der Waals surface area contributed by atoms with Crippen molar-refractivity contribution in [2.75, 3.05) is 13.1 Å². The number of likely N-dealkylation sites (tertiary alicyclic amines) is 1. The minimum Gasteiger partial charge on any atom is -0.472 e. The van der Waals surface area contributed by atoms with Gasteiger partial charge in [0.05, 0.1) is 18.2 Å². The van der Waals surface area contributed by atoms with Crippen molar-refractivity contribution < 1.29 is 18.8 Å². The highest BCUT2D eigenvalue weighted by atomic mass is 32.1. The molecule has 0 saturated carbocycles. The van der Waals surface area contributed by atoms with E-state index in [0.717, 1.165) is 4.88 Å². The molecule has 2 N–H and O–H groups in total. The van der Waals surface area contributed by atoms with Crippen LogP contribution in [0.15, 0.2) is 40.5 Å². The van der Waals surface area contributed by atoms with Gasteiger partial charge >= 0.3 is 0 Å². The maximum absolute atomic E-state index is 12.7. The first-order valence-electron chi connectivity index (χ1n) is 8.51. The van der Waals surface area contributed by atoms with Crippen molar-refractivity contribution >= 4 is 29.1 Å². The number of nitrogens with zero attached hydrogens (tertiary/aromatic N) is 1. The molecule has 7 nitrogen and oxygen atoms in total. The topological polar surface area (TPSA) is 91.7 Å². The van der Waals surface area contributed by atoms with Gasteiger partial charge in [-0.05, 0) is 30.9 Å². The maximum Gasteiger partial charge on any atom is 0.254 e. The number of furan rings is 1. The van der Waals surface area contributed by atoms with E-state index in [2.05, 4.69) is 10.6 Å². The van der Waals surface area contributed by atoms with E-state index in [1.54, 1.807) is 11.0 Å². The third-order valence-corrected chi connectivity index (χ3v) is 5.18. The monoisotopic (exact) mass is 375 g/mol. The number of rotatable bonds is 6. The Morgan fingerprint density at radius 1 is 1.35 bits per heavy atom. The Balaban J connectivity index is 1.69. The molecule has 3 heterocycles. The Bertz CT molecular complexity index is 758. The molecule has 1 saturated heterocycles. The summed E-state index contributed by atoms with van der Waals surface area (Å²) < 4.78 is 4.92. The molecule has 2 aromatic rings. The first-order chi connectivity index (χ1) is 12.6. The van der Waals surface area contributed by atoms with Gasteiger partial charge in [0.15, 0.2) is 0 Å². The van der Waals surface area contributed by atoms with Crippen LogP contribution in [0.5, 0.6) is 0 Å². The van der Waals surface area contributed by atoms with Crippen molar-refractivity contribution in [2.45, 2.75) is 31.8 Å². The lowest BCUT2D eigenvalue weighted by molar-refractivity contribution is -0.137. The van der Waals surface area contributed by atoms with Crippen molar-refractivity contribution in [2.24, 2.45) is 0 Å². The van der Waals surface area contributed by atoms with Gasteiger partial charge < -0.3 is 20.0 Å². The van der Waals surface area contributed by atoms with Gasteiger partial charge in [0.2, 0.25) is 11.8 Å². The van der Waals surface area contributed by atoms with Gasteiger partial charge in [0.1, 0.15) is 12.3 Å². The Morgan fingerprint density at radius 2 is 2.19 bits per heavy atom. The molecule has 8 heteroatoms. The zero-order valence-corrected chi connectivity index (χ0v) is 15.3. The number of hydrogen-bond acceptors (Lipinski definition) is 5. The van der Waals surface area contributed by atoms with Crippen LogP contribution in [0.25, 0.3) is 0 Å². The summed E-state index contributed by atoms with van der Waals surface area (Å²) in [5.41, 5.74) is 0.419. The predicted molar refractivity (Wildman–Crippen MR) is 96.8 cm³/mol. The molecule has 1 aliphatic heterocycles. The Morgan fingerprint density at radius 3 is 2.85 bits per heavy atom. The average Bonchev–Trinajstić information content (AvgIpc) is 3.36. The SMILES string of the molecule is CCNC(=O)[C@@H]1C[C@H](NC(=O)c2ccoc2)CN1C(=O)Cc1cccs1. The van der Waals surface area contributed by atoms with E-state index in [0.29, 0.717) is 25.1 Å². The molecule has 26 heavy (non-hydrogen) atoms. The van der Waals surface area contributed by atoms with Gasteiger partial charge in [-0.3, -0.25) is 14.4 Å². The molecule has 0 bridgehead atoms. The molecule has 2 aromatic heterocycles. The molecule has 3 amide bonds. The molecule has 0 spiro atoms. The Kier molecular flexibility index (Phi) is 5.72. The quantitative estimate of drug-likeness (QED) is 0.799. The van der Waals surface area contributed by atoms with Crippen molar-refractivity contribution in [3.05, 3.63) is 46.5 Å². The van der Waals surface area contributed by atoms with Crippen molar-refractivity contribution in [1.82, 2.24) is 15.5 Å². The van der Waals surface area contributed by atoms with Gasteiger partial charge in [-0.25, -0.2) is 0 Å². The lowest BCUT2D eigenvalue weighted by Gasteiger charge is -2.23. The molecule has 1 aliphatic rings. The molecular weight excluding hydrogens is 354 g/mol. The van der Waals surface area contributed by atoms with Crippen LogP contribution in [0.4, 0.5) is 0 Å². The second kappa shape index (κ2) is 8.18. The fourth-order valence-electron chi connectivity index (χ4n) is 3.08. The molecule has 1 fully saturated rings. The molecule has 3 rings (SSSR count). The van der Waals surface area contributed by atoms with E-state index >= 15 is 0 Å². The summed E-state index contributed by atoms with van der Waals surface area (Å²) in [7, 11) is 0. The number of thiophene rings is 1. The summed E-state index contributed by atoms with van der Waals surface area (Å²) in [5, 5.41) is 7.57. The number of likely N-dealkylation sites (N-methyl/N-ethyl adjacent to an activating group) is 1. The number of hydrogen-bond donors (Lipinski definition) is 2. The highest BCUT2D eigenvalue weighted by Crippen LogP contribution is 2.21. The van der Waals surface area contributed by atoms with E-state index in [-0.39, 0.29) is 30.2 Å². The maximum atomic E-state index is 12.7. The first kappa shape index (κ1) is 18.2. The third kappa shape index (κ3) is 4.13. The number of carbonyl (C=O) groups excluding carboxylic acids is 3. The highest BCUT2D eigenvalue weighted by molar-refractivity contribution is 7.10. The fourth-order valence-corrected chi connectivity index (χ4v) is 3.78. The lowest BCUT2D eigenvalue weighted by atomic mass is 10.1. The van der Waals surface area contributed by atoms with E-state index in [1.165, 1.54) is 23.9 Å². The summed E-state index contributed by atoms with van der Waals surface area (Å²) in [4.78, 5) is 39.9. The van der Waals surface area contributed by atoms with E-state index in [1.807, 2.05) is 24.4 Å². The molecular formula is C18H21N3O4S. The van der Waals surface area contributed by atoms with E-state index in [9.17, 15) is 14.4 Å². The molecule has 0 unspecified atom stereocenters. The molecule has 0 aliphatic carbocycles. The Labute approximate surface area is 155 Å². The molecule has 0 radical (unpaired) electrons. The predicted octanol–water partition coefficient (Wildman–Crippen LogP) is 1.42. The van der Waals surface area contributed by atoms with E-state index < -0.39 is 6.04 Å². The van der Waals surface area contributed by atoms with E-state index in [4.69, 9.17) is 4.42 Å². The summed E-state index contributed by atoms with van der Waals surface area (Å²) in [6, 6.07) is 4.52. The van der Waals surface area contributed by atoms with Crippen LogP contribution < -0.4 is 10.6 Å². The van der Waals surface area contributed by atoms with Crippen LogP contribution in [-0.4, -0.2) is 47.8 Å². The largest absolute Gasteiger partial charge is 0.472 e. The zero-order valence-electron chi connectivity index (χ0n) is 14.4. The van der Waals surface area contributed by atoms with Crippen LogP contribution in [0.1, 0.15) is 28.6 Å². The summed E-state index contributed by atoms with van der Waals surface area (Å²) in [6.07, 6.45) is 3.45. The van der Waals surface area contributed by atoms with Crippen molar-refractivity contribution in [3.8, 4) is 0 Å². The summed E-state index contributed by atoms with van der Waals surface area (Å²) in [6.45, 7) is 2.65. The van der Waals surface area contributed by atoms with Crippen molar-refractivity contribution in [1.29, 1.82) is 0 Å². The van der Waals surface area contributed by atoms with Crippen LogP contribution in [0, 0.1) is 0 Å². The minimum absolute atomic E-state index is 0.108. The molecule has 0 aromatic carbocycles. The number of carbonyl (C=O) groups is 3.